The molecule has 1 saturated heterocycles. The van der Waals surface area contributed by atoms with Crippen molar-refractivity contribution in [2.75, 3.05) is 12.3 Å². The molecular formula is C18H20ClN5O3S. The molecule has 0 spiro atoms. The zero-order valence-corrected chi connectivity index (χ0v) is 16.9. The van der Waals surface area contributed by atoms with Crippen LogP contribution in [-0.2, 0) is 9.47 Å². The predicted octanol–water partition coefficient (Wildman–Crippen LogP) is 2.86. The Hall–Kier alpha value is -1.78. The van der Waals surface area contributed by atoms with Crippen LogP contribution >= 0.6 is 22.9 Å². The van der Waals surface area contributed by atoms with Gasteiger partial charge in [-0.2, -0.15) is 4.98 Å². The molecule has 28 heavy (non-hydrogen) atoms. The molecular weight excluding hydrogens is 402 g/mol. The third-order valence-corrected chi connectivity index (χ3v) is 6.45. The number of nitrogens with two attached hydrogens (primary N) is 1. The molecule has 4 heterocycles. The molecule has 0 bridgehead atoms. The summed E-state index contributed by atoms with van der Waals surface area (Å²) in [5.74, 6) is -0.405. The third-order valence-electron chi connectivity index (χ3n) is 5.48. The van der Waals surface area contributed by atoms with E-state index in [-0.39, 0.29) is 36.1 Å². The highest BCUT2D eigenvalue weighted by Gasteiger charge is 2.54. The number of anilines is 1. The molecule has 0 amide bonds. The minimum atomic E-state index is -0.700. The van der Waals surface area contributed by atoms with Crippen molar-refractivity contribution < 1.29 is 14.6 Å². The zero-order chi connectivity index (χ0) is 19.6. The van der Waals surface area contributed by atoms with Gasteiger partial charge in [-0.05, 0) is 31.9 Å². The number of nitrogen functional groups attached to an aromatic ring is 1. The number of hydrogen-bond donors (Lipinski definition) is 2. The summed E-state index contributed by atoms with van der Waals surface area (Å²) >= 11 is 7.64. The quantitative estimate of drug-likeness (QED) is 0.626. The minimum Gasteiger partial charge on any atom is -0.396 e. The van der Waals surface area contributed by atoms with Crippen LogP contribution in [0, 0.1) is 5.92 Å². The van der Waals surface area contributed by atoms with Gasteiger partial charge >= 0.3 is 0 Å². The molecule has 1 aliphatic heterocycles. The van der Waals surface area contributed by atoms with E-state index in [1.807, 2.05) is 30.0 Å². The molecule has 0 aromatic carbocycles. The van der Waals surface area contributed by atoms with Gasteiger partial charge in [-0.1, -0.05) is 0 Å². The van der Waals surface area contributed by atoms with Crippen molar-refractivity contribution in [3.63, 3.8) is 0 Å². The van der Waals surface area contributed by atoms with E-state index < -0.39 is 5.79 Å². The van der Waals surface area contributed by atoms with Gasteiger partial charge in [0.2, 0.25) is 5.28 Å². The van der Waals surface area contributed by atoms with Crippen LogP contribution in [0.3, 0.4) is 0 Å². The first-order valence-electron chi connectivity index (χ1n) is 9.08. The number of hydrogen-bond acceptors (Lipinski definition) is 8. The van der Waals surface area contributed by atoms with Crippen LogP contribution in [0.1, 0.15) is 26.3 Å². The van der Waals surface area contributed by atoms with Gasteiger partial charge in [0.1, 0.15) is 22.6 Å². The number of nitrogens with zero attached hydrogens (tertiary/aromatic N) is 4. The van der Waals surface area contributed by atoms with Gasteiger partial charge in [0.05, 0.1) is 17.5 Å². The minimum absolute atomic E-state index is 0.0211. The summed E-state index contributed by atoms with van der Waals surface area (Å²) in [5.41, 5.74) is 7.71. The molecule has 3 aromatic rings. The average Bonchev–Trinajstić information content (AvgIpc) is 3.36. The van der Waals surface area contributed by atoms with Crippen LogP contribution < -0.4 is 5.73 Å². The van der Waals surface area contributed by atoms with Gasteiger partial charge in [0.15, 0.2) is 5.79 Å². The SMILES string of the molecule is CC1(C)O[C@@H]2[C@@H](CO)C[C@@H](n3cc(-c4nccs4)c4c(N)nc(Cl)nc43)[C@@H]2O1. The topological polar surface area (TPSA) is 108 Å². The number of aromatic nitrogens is 4. The molecule has 0 unspecified atom stereocenters. The second kappa shape index (κ2) is 6.36. The van der Waals surface area contributed by atoms with Crippen molar-refractivity contribution in [1.82, 2.24) is 19.5 Å². The second-order valence-corrected chi connectivity index (χ2v) is 8.91. The summed E-state index contributed by atoms with van der Waals surface area (Å²) in [5, 5.41) is 13.4. The summed E-state index contributed by atoms with van der Waals surface area (Å²) in [6, 6.07) is -0.0782. The molecule has 8 nitrogen and oxygen atoms in total. The van der Waals surface area contributed by atoms with E-state index >= 15 is 0 Å². The van der Waals surface area contributed by atoms with Crippen molar-refractivity contribution in [2.24, 2.45) is 5.92 Å². The van der Waals surface area contributed by atoms with Gasteiger partial charge in [-0.3, -0.25) is 0 Å². The monoisotopic (exact) mass is 421 g/mol. The van der Waals surface area contributed by atoms with Crippen molar-refractivity contribution in [1.29, 1.82) is 0 Å². The van der Waals surface area contributed by atoms with E-state index in [9.17, 15) is 5.11 Å². The molecule has 4 atom stereocenters. The Kier molecular flexibility index (Phi) is 4.15. The maximum atomic E-state index is 9.89. The summed E-state index contributed by atoms with van der Waals surface area (Å²) < 4.78 is 14.3. The summed E-state index contributed by atoms with van der Waals surface area (Å²) in [6.45, 7) is 3.82. The van der Waals surface area contributed by atoms with E-state index in [0.29, 0.717) is 17.9 Å². The molecule has 1 saturated carbocycles. The molecule has 0 radical (unpaired) electrons. The Balaban J connectivity index is 1.69. The molecule has 2 fully saturated rings. The second-order valence-electron chi connectivity index (χ2n) is 7.67. The van der Waals surface area contributed by atoms with Crippen LogP contribution in [0.5, 0.6) is 0 Å². The first-order chi connectivity index (χ1) is 13.4. The molecule has 3 aromatic heterocycles. The lowest BCUT2D eigenvalue weighted by Crippen LogP contribution is -2.27. The first-order valence-corrected chi connectivity index (χ1v) is 10.3. The van der Waals surface area contributed by atoms with E-state index in [2.05, 4.69) is 15.0 Å². The summed E-state index contributed by atoms with van der Waals surface area (Å²) in [4.78, 5) is 13.0. The van der Waals surface area contributed by atoms with Crippen molar-refractivity contribution in [3.05, 3.63) is 23.1 Å². The van der Waals surface area contributed by atoms with Crippen molar-refractivity contribution >= 4 is 39.8 Å². The number of halogens is 1. The van der Waals surface area contributed by atoms with Crippen LogP contribution in [0.15, 0.2) is 17.8 Å². The number of fused-ring (bicyclic) bond motifs is 2. The van der Waals surface area contributed by atoms with Gasteiger partial charge in [0, 0.05) is 35.9 Å². The fourth-order valence-corrected chi connectivity index (χ4v) is 5.25. The van der Waals surface area contributed by atoms with E-state index in [1.165, 1.54) is 11.3 Å². The highest BCUT2D eigenvalue weighted by molar-refractivity contribution is 7.13. The largest absolute Gasteiger partial charge is 0.396 e. The molecule has 5 rings (SSSR count). The van der Waals surface area contributed by atoms with Gasteiger partial charge < -0.3 is 24.9 Å². The van der Waals surface area contributed by atoms with Crippen LogP contribution in [0.25, 0.3) is 21.6 Å². The molecule has 1 aliphatic carbocycles. The molecule has 2 aliphatic rings. The van der Waals surface area contributed by atoms with Gasteiger partial charge in [0.25, 0.3) is 0 Å². The first kappa shape index (κ1) is 18.3. The summed E-state index contributed by atoms with van der Waals surface area (Å²) in [7, 11) is 0. The highest BCUT2D eigenvalue weighted by Crippen LogP contribution is 2.48. The maximum Gasteiger partial charge on any atom is 0.226 e. The lowest BCUT2D eigenvalue weighted by molar-refractivity contribution is -0.161. The number of aliphatic hydroxyl groups excluding tert-OH is 1. The smallest absolute Gasteiger partial charge is 0.226 e. The fraction of sp³-hybridized carbons (Fsp3) is 0.500. The Bertz CT molecular complexity index is 1040. The van der Waals surface area contributed by atoms with E-state index in [0.717, 1.165) is 16.0 Å². The Morgan fingerprint density at radius 1 is 1.36 bits per heavy atom. The number of ether oxygens (including phenoxy) is 2. The number of thiazole rings is 1. The highest BCUT2D eigenvalue weighted by atomic mass is 35.5. The Labute approximate surface area is 170 Å². The number of rotatable bonds is 3. The van der Waals surface area contributed by atoms with Crippen LogP contribution in [0.4, 0.5) is 5.82 Å². The summed E-state index contributed by atoms with van der Waals surface area (Å²) in [6.07, 6.45) is 4.05. The fourth-order valence-electron chi connectivity index (χ4n) is 4.43. The standard InChI is InChI=1S/C18H20ClN5O3S/c1-18(2)26-12-8(7-25)5-10(13(12)27-18)24-6-9(16-21-3-4-28-16)11-14(20)22-17(19)23-15(11)24/h3-4,6,8,10,12-13,25H,5,7H2,1-2H3,(H2,20,22,23)/t8-,10-,12-,13+/m1/s1. The lowest BCUT2D eigenvalue weighted by Gasteiger charge is -2.24. The Morgan fingerprint density at radius 3 is 2.86 bits per heavy atom. The molecule has 3 N–H and O–H groups in total. The lowest BCUT2D eigenvalue weighted by atomic mass is 10.1. The average molecular weight is 422 g/mol. The predicted molar refractivity (Wildman–Crippen MR) is 106 cm³/mol. The van der Waals surface area contributed by atoms with Crippen LogP contribution in [0.2, 0.25) is 5.28 Å². The van der Waals surface area contributed by atoms with Crippen molar-refractivity contribution in [2.45, 2.75) is 44.3 Å². The third kappa shape index (κ3) is 2.73. The molecule has 10 heteroatoms. The van der Waals surface area contributed by atoms with E-state index in [1.54, 1.807) is 6.20 Å². The number of aliphatic hydroxyl groups is 1. The van der Waals surface area contributed by atoms with Gasteiger partial charge in [-0.25, -0.2) is 9.97 Å². The Morgan fingerprint density at radius 2 is 2.14 bits per heavy atom. The molecule has 148 valence electrons. The van der Waals surface area contributed by atoms with Crippen molar-refractivity contribution in [3.8, 4) is 10.6 Å². The maximum absolute atomic E-state index is 9.89. The van der Waals surface area contributed by atoms with Crippen LogP contribution in [-0.4, -0.2) is 49.2 Å². The zero-order valence-electron chi connectivity index (χ0n) is 15.4. The normalized spacial score (nSPS) is 28.9. The van der Waals surface area contributed by atoms with E-state index in [4.69, 9.17) is 26.8 Å². The van der Waals surface area contributed by atoms with Gasteiger partial charge in [-0.15, -0.1) is 11.3 Å².